The molecule has 1 aromatic rings. The molecule has 1 aromatic carbocycles. The maximum absolute atomic E-state index is 13.2. The summed E-state index contributed by atoms with van der Waals surface area (Å²) in [6, 6.07) is 4.81. The molecule has 18 heavy (non-hydrogen) atoms. The van der Waals surface area contributed by atoms with E-state index in [1.807, 2.05) is 0 Å². The normalized spacial score (nSPS) is 16.6. The summed E-state index contributed by atoms with van der Waals surface area (Å²) in [4.78, 5) is 2.34. The third-order valence-electron chi connectivity index (χ3n) is 3.01. The zero-order valence-corrected chi connectivity index (χ0v) is 10.6. The molecule has 4 nitrogen and oxygen atoms in total. The van der Waals surface area contributed by atoms with Gasteiger partial charge in [0.25, 0.3) is 0 Å². The molecule has 1 aliphatic heterocycles. The molecule has 0 radical (unpaired) electrons. The molecule has 0 spiro atoms. The van der Waals surface area contributed by atoms with Crippen molar-refractivity contribution >= 4 is 5.69 Å². The van der Waals surface area contributed by atoms with Crippen LogP contribution in [-0.4, -0.2) is 51.4 Å². The zero-order chi connectivity index (χ0) is 12.8. The molecule has 0 aromatic heterocycles. The summed E-state index contributed by atoms with van der Waals surface area (Å²) in [5.41, 5.74) is 0.876. The van der Waals surface area contributed by atoms with Crippen LogP contribution in [-0.2, 0) is 4.74 Å². The second kappa shape index (κ2) is 6.56. The fourth-order valence-corrected chi connectivity index (χ4v) is 1.95. The maximum Gasteiger partial charge on any atom is 0.165 e. The highest BCUT2D eigenvalue weighted by Gasteiger charge is 2.09. The van der Waals surface area contributed by atoms with Crippen molar-refractivity contribution in [1.82, 2.24) is 4.90 Å². The predicted molar refractivity (Wildman–Crippen MR) is 68.7 cm³/mol. The van der Waals surface area contributed by atoms with Crippen LogP contribution < -0.4 is 10.1 Å². The maximum atomic E-state index is 13.2. The standard InChI is InChI=1S/C13H19FN2O2/c1-17-13-10-11(2-3-12(13)14)15-4-5-16-6-8-18-9-7-16/h2-3,10,15H,4-9H2,1H3. The van der Waals surface area contributed by atoms with Crippen LogP contribution in [0.2, 0.25) is 0 Å². The second-order valence-corrected chi connectivity index (χ2v) is 4.23. The number of benzene rings is 1. The van der Waals surface area contributed by atoms with Gasteiger partial charge in [-0.1, -0.05) is 0 Å². The van der Waals surface area contributed by atoms with Gasteiger partial charge < -0.3 is 14.8 Å². The van der Waals surface area contributed by atoms with E-state index in [1.165, 1.54) is 13.2 Å². The molecule has 0 aliphatic carbocycles. The summed E-state index contributed by atoms with van der Waals surface area (Å²) in [7, 11) is 1.47. The van der Waals surface area contributed by atoms with Crippen LogP contribution in [0.5, 0.6) is 5.75 Å². The molecule has 1 heterocycles. The minimum Gasteiger partial charge on any atom is -0.494 e. The SMILES string of the molecule is COc1cc(NCCN2CCOCC2)ccc1F. The number of methoxy groups -OCH3 is 1. The van der Waals surface area contributed by atoms with Crippen molar-refractivity contribution in [2.45, 2.75) is 0 Å². The number of nitrogens with zero attached hydrogens (tertiary/aromatic N) is 1. The fraction of sp³-hybridized carbons (Fsp3) is 0.538. The molecule has 0 saturated carbocycles. The Balaban J connectivity index is 1.79. The molecule has 0 unspecified atom stereocenters. The lowest BCUT2D eigenvalue weighted by molar-refractivity contribution is 0.0398. The largest absolute Gasteiger partial charge is 0.494 e. The third kappa shape index (κ3) is 3.58. The van der Waals surface area contributed by atoms with Crippen LogP contribution in [0.1, 0.15) is 0 Å². The molecule has 1 saturated heterocycles. The first-order valence-electron chi connectivity index (χ1n) is 6.17. The average Bonchev–Trinajstić information content (AvgIpc) is 2.42. The van der Waals surface area contributed by atoms with Gasteiger partial charge >= 0.3 is 0 Å². The number of halogens is 1. The number of hydrogen-bond acceptors (Lipinski definition) is 4. The Kier molecular flexibility index (Phi) is 4.78. The smallest absolute Gasteiger partial charge is 0.165 e. The number of anilines is 1. The summed E-state index contributed by atoms with van der Waals surface area (Å²) in [5, 5.41) is 3.26. The average molecular weight is 254 g/mol. The molecule has 0 bridgehead atoms. The predicted octanol–water partition coefficient (Wildman–Crippen LogP) is 1.58. The van der Waals surface area contributed by atoms with Crippen molar-refractivity contribution in [3.05, 3.63) is 24.0 Å². The summed E-state index contributed by atoms with van der Waals surface area (Å²) in [5.74, 6) is -0.0670. The van der Waals surface area contributed by atoms with E-state index in [1.54, 1.807) is 12.1 Å². The summed E-state index contributed by atoms with van der Waals surface area (Å²) in [6.07, 6.45) is 0. The highest BCUT2D eigenvalue weighted by atomic mass is 19.1. The molecule has 1 aliphatic rings. The van der Waals surface area contributed by atoms with Crippen molar-refractivity contribution in [2.24, 2.45) is 0 Å². The van der Waals surface area contributed by atoms with Crippen LogP contribution in [0.15, 0.2) is 18.2 Å². The molecule has 1 fully saturated rings. The lowest BCUT2D eigenvalue weighted by atomic mass is 10.3. The van der Waals surface area contributed by atoms with Crippen molar-refractivity contribution < 1.29 is 13.9 Å². The van der Waals surface area contributed by atoms with Crippen LogP contribution in [0.25, 0.3) is 0 Å². The van der Waals surface area contributed by atoms with Gasteiger partial charge in [-0.15, -0.1) is 0 Å². The number of hydrogen-bond donors (Lipinski definition) is 1. The van der Waals surface area contributed by atoms with E-state index in [9.17, 15) is 4.39 Å². The minimum absolute atomic E-state index is 0.270. The Labute approximate surface area is 107 Å². The minimum atomic E-state index is -0.337. The molecule has 100 valence electrons. The second-order valence-electron chi connectivity index (χ2n) is 4.23. The van der Waals surface area contributed by atoms with Crippen LogP contribution in [0.3, 0.4) is 0 Å². The zero-order valence-electron chi connectivity index (χ0n) is 10.6. The van der Waals surface area contributed by atoms with Gasteiger partial charge in [0.1, 0.15) is 0 Å². The van der Waals surface area contributed by atoms with Gasteiger partial charge in [-0.05, 0) is 12.1 Å². The Bertz CT molecular complexity index is 381. The molecule has 2 rings (SSSR count). The number of rotatable bonds is 5. The van der Waals surface area contributed by atoms with E-state index in [4.69, 9.17) is 9.47 Å². The first-order chi connectivity index (χ1) is 8.79. The van der Waals surface area contributed by atoms with Crippen molar-refractivity contribution in [3.8, 4) is 5.75 Å². The molecular weight excluding hydrogens is 235 g/mol. The first-order valence-corrected chi connectivity index (χ1v) is 6.17. The summed E-state index contributed by atoms with van der Waals surface area (Å²) < 4.78 is 23.4. The van der Waals surface area contributed by atoms with Gasteiger partial charge in [0.15, 0.2) is 11.6 Å². The third-order valence-corrected chi connectivity index (χ3v) is 3.01. The molecule has 0 atom stereocenters. The molecule has 0 amide bonds. The van der Waals surface area contributed by atoms with Crippen LogP contribution in [0.4, 0.5) is 10.1 Å². The topological polar surface area (TPSA) is 33.7 Å². The Morgan fingerprint density at radius 3 is 2.89 bits per heavy atom. The number of ether oxygens (including phenoxy) is 2. The molecular formula is C13H19FN2O2. The summed E-state index contributed by atoms with van der Waals surface area (Å²) in [6.45, 7) is 5.37. The van der Waals surface area contributed by atoms with Crippen molar-refractivity contribution in [2.75, 3.05) is 51.8 Å². The van der Waals surface area contributed by atoms with E-state index in [-0.39, 0.29) is 11.6 Å². The summed E-state index contributed by atoms with van der Waals surface area (Å²) >= 11 is 0. The van der Waals surface area contributed by atoms with Crippen molar-refractivity contribution in [1.29, 1.82) is 0 Å². The lowest BCUT2D eigenvalue weighted by Gasteiger charge is -2.26. The van der Waals surface area contributed by atoms with E-state index < -0.39 is 0 Å². The van der Waals surface area contributed by atoms with Gasteiger partial charge in [0, 0.05) is 37.9 Å². The van der Waals surface area contributed by atoms with Crippen LogP contribution >= 0.6 is 0 Å². The van der Waals surface area contributed by atoms with E-state index in [0.29, 0.717) is 0 Å². The van der Waals surface area contributed by atoms with Gasteiger partial charge in [-0.2, -0.15) is 0 Å². The highest BCUT2D eigenvalue weighted by Crippen LogP contribution is 2.21. The van der Waals surface area contributed by atoms with Crippen molar-refractivity contribution in [3.63, 3.8) is 0 Å². The van der Waals surface area contributed by atoms with Crippen LogP contribution in [0, 0.1) is 5.82 Å². The molecule has 5 heteroatoms. The fourth-order valence-electron chi connectivity index (χ4n) is 1.95. The van der Waals surface area contributed by atoms with E-state index >= 15 is 0 Å². The Morgan fingerprint density at radius 2 is 2.17 bits per heavy atom. The highest BCUT2D eigenvalue weighted by molar-refractivity contribution is 5.48. The van der Waals surface area contributed by atoms with E-state index in [0.717, 1.165) is 45.1 Å². The monoisotopic (exact) mass is 254 g/mol. The number of nitrogens with one attached hydrogen (secondary N) is 1. The Hall–Kier alpha value is -1.33. The van der Waals surface area contributed by atoms with E-state index in [2.05, 4.69) is 10.2 Å². The molecule has 1 N–H and O–H groups in total. The lowest BCUT2D eigenvalue weighted by Crippen LogP contribution is -2.39. The Morgan fingerprint density at radius 1 is 1.39 bits per heavy atom. The first kappa shape index (κ1) is 13.1. The quantitative estimate of drug-likeness (QED) is 0.865. The van der Waals surface area contributed by atoms with Gasteiger partial charge in [-0.3, -0.25) is 4.90 Å². The van der Waals surface area contributed by atoms with Gasteiger partial charge in [-0.25, -0.2) is 4.39 Å². The van der Waals surface area contributed by atoms with Gasteiger partial charge in [0.2, 0.25) is 0 Å². The van der Waals surface area contributed by atoms with Gasteiger partial charge in [0.05, 0.1) is 20.3 Å². The number of morpholine rings is 1.